The first kappa shape index (κ1) is 26.8. The van der Waals surface area contributed by atoms with Gasteiger partial charge in [-0.3, -0.25) is 20.2 Å². The lowest BCUT2D eigenvalue weighted by molar-refractivity contribution is -0.119. The zero-order valence-electron chi connectivity index (χ0n) is 22.3. The Labute approximate surface area is 237 Å². The van der Waals surface area contributed by atoms with Crippen molar-refractivity contribution in [2.75, 3.05) is 12.9 Å². The second-order valence-electron chi connectivity index (χ2n) is 9.09. The molecule has 0 aliphatic heterocycles. The van der Waals surface area contributed by atoms with E-state index in [4.69, 9.17) is 4.74 Å². The zero-order valence-corrected chi connectivity index (χ0v) is 23.1. The number of ether oxygens (including phenoxy) is 1. The standard InChI is InChI=1S/C32H29N5O2S/c1-22-9-17-28(18-10-22)37-31(27-15-19-29(39-3)20-16-27)35-36-32(37)40-21-30(38)34-33-23(2)24-11-13-26(14-12-24)25-7-5-4-6-8-25/h4-20,33H,2,21H2,1,3H3,(H,34,38). The highest BCUT2D eigenvalue weighted by Gasteiger charge is 2.17. The number of hydrogen-bond acceptors (Lipinski definition) is 6. The Hall–Kier alpha value is -4.82. The van der Waals surface area contributed by atoms with E-state index in [2.05, 4.69) is 39.8 Å². The number of benzene rings is 4. The van der Waals surface area contributed by atoms with Crippen molar-refractivity contribution in [3.63, 3.8) is 0 Å². The van der Waals surface area contributed by atoms with Gasteiger partial charge in [-0.15, -0.1) is 10.2 Å². The Kier molecular flexibility index (Phi) is 8.27. The molecule has 40 heavy (non-hydrogen) atoms. The molecule has 4 aromatic carbocycles. The normalized spacial score (nSPS) is 10.7. The molecule has 5 aromatic rings. The molecule has 7 nitrogen and oxygen atoms in total. The molecule has 0 saturated heterocycles. The Bertz CT molecular complexity index is 1600. The average molecular weight is 548 g/mol. The molecule has 0 radical (unpaired) electrons. The van der Waals surface area contributed by atoms with E-state index in [1.54, 1.807) is 7.11 Å². The van der Waals surface area contributed by atoms with Crippen LogP contribution in [0.15, 0.2) is 115 Å². The van der Waals surface area contributed by atoms with Crippen molar-refractivity contribution in [3.8, 4) is 34.0 Å². The lowest BCUT2D eigenvalue weighted by atomic mass is 10.0. The zero-order chi connectivity index (χ0) is 27.9. The number of aryl methyl sites for hydroxylation is 1. The maximum atomic E-state index is 12.7. The van der Waals surface area contributed by atoms with Crippen LogP contribution in [0.4, 0.5) is 0 Å². The molecular formula is C32H29N5O2S. The molecule has 0 fully saturated rings. The third-order valence-electron chi connectivity index (χ3n) is 6.30. The van der Waals surface area contributed by atoms with Gasteiger partial charge in [0.05, 0.1) is 18.6 Å². The van der Waals surface area contributed by atoms with Gasteiger partial charge in [0.2, 0.25) is 5.91 Å². The Balaban J connectivity index is 1.24. The molecule has 0 aliphatic carbocycles. The fraction of sp³-hybridized carbons (Fsp3) is 0.0938. The Morgan fingerprint density at radius 3 is 2.15 bits per heavy atom. The minimum Gasteiger partial charge on any atom is -0.497 e. The van der Waals surface area contributed by atoms with Crippen LogP contribution in [0.25, 0.3) is 33.9 Å². The van der Waals surface area contributed by atoms with Gasteiger partial charge in [-0.05, 0) is 60.0 Å². The van der Waals surface area contributed by atoms with Crippen molar-refractivity contribution in [1.29, 1.82) is 0 Å². The van der Waals surface area contributed by atoms with E-state index in [1.807, 2.05) is 102 Å². The van der Waals surface area contributed by atoms with Crippen molar-refractivity contribution in [2.24, 2.45) is 0 Å². The van der Waals surface area contributed by atoms with Crippen molar-refractivity contribution in [1.82, 2.24) is 25.6 Å². The molecule has 200 valence electrons. The molecule has 0 atom stereocenters. The summed E-state index contributed by atoms with van der Waals surface area (Å²) in [6.07, 6.45) is 0. The second kappa shape index (κ2) is 12.4. The molecule has 0 unspecified atom stereocenters. The van der Waals surface area contributed by atoms with E-state index in [0.29, 0.717) is 16.7 Å². The molecule has 1 aromatic heterocycles. The predicted octanol–water partition coefficient (Wildman–Crippen LogP) is 6.30. The summed E-state index contributed by atoms with van der Waals surface area (Å²) in [7, 11) is 1.63. The number of aromatic nitrogens is 3. The van der Waals surface area contributed by atoms with Crippen molar-refractivity contribution in [3.05, 3.63) is 121 Å². The Morgan fingerprint density at radius 2 is 1.48 bits per heavy atom. The predicted molar refractivity (Wildman–Crippen MR) is 161 cm³/mol. The number of nitrogens with one attached hydrogen (secondary N) is 2. The first-order valence-corrected chi connectivity index (χ1v) is 13.7. The van der Waals surface area contributed by atoms with E-state index < -0.39 is 0 Å². The van der Waals surface area contributed by atoms with Gasteiger partial charge in [-0.1, -0.05) is 90.6 Å². The van der Waals surface area contributed by atoms with Crippen LogP contribution in [0.2, 0.25) is 0 Å². The van der Waals surface area contributed by atoms with Crippen molar-refractivity contribution in [2.45, 2.75) is 12.1 Å². The summed E-state index contributed by atoms with van der Waals surface area (Å²) in [5, 5.41) is 9.47. The van der Waals surface area contributed by atoms with E-state index >= 15 is 0 Å². The van der Waals surface area contributed by atoms with Crippen LogP contribution in [-0.2, 0) is 4.79 Å². The monoisotopic (exact) mass is 547 g/mol. The first-order valence-electron chi connectivity index (χ1n) is 12.7. The van der Waals surface area contributed by atoms with Gasteiger partial charge < -0.3 is 4.74 Å². The van der Waals surface area contributed by atoms with Gasteiger partial charge >= 0.3 is 0 Å². The fourth-order valence-corrected chi connectivity index (χ4v) is 4.85. The minimum absolute atomic E-state index is 0.139. The third kappa shape index (κ3) is 6.24. The second-order valence-corrected chi connectivity index (χ2v) is 10.0. The van der Waals surface area contributed by atoms with Gasteiger partial charge in [0.1, 0.15) is 5.75 Å². The van der Waals surface area contributed by atoms with Gasteiger partial charge in [-0.25, -0.2) is 0 Å². The van der Waals surface area contributed by atoms with Gasteiger partial charge in [0.15, 0.2) is 11.0 Å². The summed E-state index contributed by atoms with van der Waals surface area (Å²) in [4.78, 5) is 12.7. The maximum absolute atomic E-state index is 12.7. The number of hydrogen-bond donors (Lipinski definition) is 2. The summed E-state index contributed by atoms with van der Waals surface area (Å²) < 4.78 is 7.25. The molecule has 0 bridgehead atoms. The smallest absolute Gasteiger partial charge is 0.248 e. The molecule has 5 rings (SSSR count). The molecule has 0 saturated carbocycles. The van der Waals surface area contributed by atoms with E-state index in [-0.39, 0.29) is 11.7 Å². The van der Waals surface area contributed by atoms with Crippen LogP contribution in [0.3, 0.4) is 0 Å². The maximum Gasteiger partial charge on any atom is 0.248 e. The van der Waals surface area contributed by atoms with E-state index in [9.17, 15) is 4.79 Å². The number of methoxy groups -OCH3 is 1. The first-order chi connectivity index (χ1) is 19.5. The molecule has 0 aliphatic rings. The lowest BCUT2D eigenvalue weighted by Gasteiger charge is -2.13. The number of amides is 1. The largest absolute Gasteiger partial charge is 0.497 e. The van der Waals surface area contributed by atoms with Crippen LogP contribution in [0.1, 0.15) is 11.1 Å². The number of nitrogens with zero attached hydrogens (tertiary/aromatic N) is 3. The van der Waals surface area contributed by atoms with Crippen LogP contribution in [-0.4, -0.2) is 33.5 Å². The van der Waals surface area contributed by atoms with Crippen LogP contribution < -0.4 is 15.6 Å². The highest BCUT2D eigenvalue weighted by molar-refractivity contribution is 7.99. The molecule has 8 heteroatoms. The summed E-state index contributed by atoms with van der Waals surface area (Å²) in [6.45, 7) is 6.10. The summed E-state index contributed by atoms with van der Waals surface area (Å²) in [5.41, 5.74) is 12.4. The number of carbonyl (C=O) groups is 1. The molecule has 2 N–H and O–H groups in total. The van der Waals surface area contributed by atoms with Crippen molar-refractivity contribution < 1.29 is 9.53 Å². The van der Waals surface area contributed by atoms with Gasteiger partial charge in [0.25, 0.3) is 0 Å². The van der Waals surface area contributed by atoms with Crippen LogP contribution >= 0.6 is 11.8 Å². The summed E-state index contributed by atoms with van der Waals surface area (Å²) in [5.74, 6) is 1.37. The van der Waals surface area contributed by atoms with Crippen molar-refractivity contribution >= 4 is 23.4 Å². The summed E-state index contributed by atoms with van der Waals surface area (Å²) >= 11 is 1.31. The minimum atomic E-state index is -0.212. The van der Waals surface area contributed by atoms with Gasteiger partial charge in [-0.2, -0.15) is 0 Å². The number of thioether (sulfide) groups is 1. The molecular weight excluding hydrogens is 518 g/mol. The summed E-state index contributed by atoms with van der Waals surface area (Å²) in [6, 6.07) is 34.0. The lowest BCUT2D eigenvalue weighted by Crippen LogP contribution is -2.37. The number of rotatable bonds is 10. The van der Waals surface area contributed by atoms with Crippen LogP contribution in [0, 0.1) is 6.92 Å². The quantitative estimate of drug-likeness (QED) is 0.158. The SMILES string of the molecule is C=C(NNC(=O)CSc1nnc(-c2ccc(OC)cc2)n1-c1ccc(C)cc1)c1ccc(-c2ccccc2)cc1. The fourth-order valence-electron chi connectivity index (χ4n) is 4.10. The number of carbonyl (C=O) groups excluding carboxylic acids is 1. The number of hydrazine groups is 1. The molecule has 1 heterocycles. The van der Waals surface area contributed by atoms with E-state index in [0.717, 1.165) is 39.3 Å². The Morgan fingerprint density at radius 1 is 0.825 bits per heavy atom. The van der Waals surface area contributed by atoms with Crippen LogP contribution in [0.5, 0.6) is 5.75 Å². The average Bonchev–Trinajstić information content (AvgIpc) is 3.43. The van der Waals surface area contributed by atoms with Gasteiger partial charge in [0, 0.05) is 11.3 Å². The van der Waals surface area contributed by atoms with E-state index in [1.165, 1.54) is 11.8 Å². The topological polar surface area (TPSA) is 81.1 Å². The highest BCUT2D eigenvalue weighted by atomic mass is 32.2. The highest BCUT2D eigenvalue weighted by Crippen LogP contribution is 2.29. The third-order valence-corrected chi connectivity index (χ3v) is 7.23. The molecule has 1 amide bonds. The molecule has 0 spiro atoms.